The number of benzene rings is 1. The molecule has 4 heteroatoms. The van der Waals surface area contributed by atoms with E-state index in [0.717, 1.165) is 36.0 Å². The third kappa shape index (κ3) is 2.39. The molecule has 1 aromatic carbocycles. The molecule has 1 aliphatic heterocycles. The number of carbonyl (C=O) groups is 1. The molecule has 18 heavy (non-hydrogen) atoms. The van der Waals surface area contributed by atoms with Gasteiger partial charge in [0.15, 0.2) is 6.29 Å². The first-order valence-electron chi connectivity index (χ1n) is 6.26. The average Bonchev–Trinajstić information content (AvgIpc) is 2.73. The van der Waals surface area contributed by atoms with E-state index in [-0.39, 0.29) is 0 Å². The molecule has 98 valence electrons. The molecule has 1 heterocycles. The number of hydrogen-bond acceptors (Lipinski definition) is 3. The fourth-order valence-corrected chi connectivity index (χ4v) is 2.50. The number of fused-ring (bicyclic) bond motifs is 1. The summed E-state index contributed by atoms with van der Waals surface area (Å²) in [6, 6.07) is 6.13. The number of alkyl halides is 1. The third-order valence-electron chi connectivity index (χ3n) is 3.15. The van der Waals surface area contributed by atoms with E-state index in [4.69, 9.17) is 4.74 Å². The molecule has 0 radical (unpaired) electrons. The summed E-state index contributed by atoms with van der Waals surface area (Å²) in [6.07, 6.45) is 1.39. The lowest BCUT2D eigenvalue weighted by Gasteiger charge is -2.20. The summed E-state index contributed by atoms with van der Waals surface area (Å²) in [7, 11) is 0. The van der Waals surface area contributed by atoms with Gasteiger partial charge < -0.3 is 9.64 Å². The first-order valence-corrected chi connectivity index (χ1v) is 7.38. The fraction of sp³-hybridized carbons (Fsp3) is 0.500. The number of para-hydroxylation sites is 1. The molecular weight excluding hydrogens is 294 g/mol. The number of anilines is 1. The summed E-state index contributed by atoms with van der Waals surface area (Å²) >= 11 is 3.42. The van der Waals surface area contributed by atoms with Gasteiger partial charge in [0.2, 0.25) is 6.23 Å². The zero-order valence-corrected chi connectivity index (χ0v) is 12.3. The summed E-state index contributed by atoms with van der Waals surface area (Å²) < 4.78 is 5.80. The highest BCUT2D eigenvalue weighted by Gasteiger charge is 2.32. The number of hydrogen-bond donors (Lipinski definition) is 0. The van der Waals surface area contributed by atoms with Crippen LogP contribution in [-0.4, -0.2) is 24.4 Å². The molecular formula is C14H18BrNO2. The number of aldehydes is 1. The first kappa shape index (κ1) is 13.4. The van der Waals surface area contributed by atoms with Crippen molar-refractivity contribution in [2.45, 2.75) is 32.4 Å². The van der Waals surface area contributed by atoms with Crippen LogP contribution in [0, 0.1) is 0 Å². The molecule has 0 fully saturated rings. The molecule has 0 N–H and O–H groups in total. The number of carbonyl (C=O) groups excluding carboxylic acids is 1. The Morgan fingerprint density at radius 1 is 1.50 bits per heavy atom. The van der Waals surface area contributed by atoms with Gasteiger partial charge in [-0.25, -0.2) is 0 Å². The van der Waals surface area contributed by atoms with E-state index in [9.17, 15) is 4.79 Å². The summed E-state index contributed by atoms with van der Waals surface area (Å²) in [5.41, 5.74) is 2.21. The number of rotatable bonds is 5. The monoisotopic (exact) mass is 311 g/mol. The lowest BCUT2D eigenvalue weighted by Crippen LogP contribution is -2.36. The van der Waals surface area contributed by atoms with Crippen molar-refractivity contribution in [2.24, 2.45) is 0 Å². The molecule has 0 saturated carbocycles. The van der Waals surface area contributed by atoms with Gasteiger partial charge in [-0.05, 0) is 24.0 Å². The highest BCUT2D eigenvalue weighted by Crippen LogP contribution is 2.42. The number of ether oxygens (including phenoxy) is 1. The second-order valence-corrected chi connectivity index (χ2v) is 5.52. The van der Waals surface area contributed by atoms with Crippen LogP contribution in [0.25, 0.3) is 0 Å². The van der Waals surface area contributed by atoms with Gasteiger partial charge in [0, 0.05) is 11.9 Å². The SMILES string of the molecule is CC(C)c1cccc2c1OC(C=O)N2CCCBr. The molecule has 0 bridgehead atoms. The zero-order valence-electron chi connectivity index (χ0n) is 10.7. The van der Waals surface area contributed by atoms with Crippen molar-refractivity contribution < 1.29 is 9.53 Å². The summed E-state index contributed by atoms with van der Waals surface area (Å²) in [5, 5.41) is 0.925. The summed E-state index contributed by atoms with van der Waals surface area (Å²) in [6.45, 7) is 5.09. The number of nitrogens with zero attached hydrogens (tertiary/aromatic N) is 1. The van der Waals surface area contributed by atoms with Gasteiger partial charge in [0.25, 0.3) is 0 Å². The fourth-order valence-electron chi connectivity index (χ4n) is 2.25. The largest absolute Gasteiger partial charge is 0.461 e. The van der Waals surface area contributed by atoms with Gasteiger partial charge in [-0.2, -0.15) is 0 Å². The van der Waals surface area contributed by atoms with Crippen molar-refractivity contribution in [2.75, 3.05) is 16.8 Å². The molecule has 1 aromatic rings. The quantitative estimate of drug-likeness (QED) is 0.617. The van der Waals surface area contributed by atoms with Crippen LogP contribution in [-0.2, 0) is 4.79 Å². The smallest absolute Gasteiger partial charge is 0.229 e. The second kappa shape index (κ2) is 5.74. The molecule has 3 nitrogen and oxygen atoms in total. The zero-order chi connectivity index (χ0) is 13.1. The Bertz CT molecular complexity index is 434. The maximum atomic E-state index is 11.2. The van der Waals surface area contributed by atoms with Crippen molar-refractivity contribution >= 4 is 27.9 Å². The van der Waals surface area contributed by atoms with Crippen molar-refractivity contribution in [3.8, 4) is 5.75 Å². The third-order valence-corrected chi connectivity index (χ3v) is 3.71. The van der Waals surface area contributed by atoms with Crippen LogP contribution in [0.15, 0.2) is 18.2 Å². The van der Waals surface area contributed by atoms with Gasteiger partial charge >= 0.3 is 0 Å². The molecule has 1 unspecified atom stereocenters. The van der Waals surface area contributed by atoms with E-state index in [1.807, 2.05) is 17.0 Å². The molecule has 2 rings (SSSR count). The van der Waals surface area contributed by atoms with Crippen LogP contribution in [0.2, 0.25) is 0 Å². The minimum absolute atomic E-state index is 0.392. The van der Waals surface area contributed by atoms with Crippen molar-refractivity contribution in [1.29, 1.82) is 0 Å². The van der Waals surface area contributed by atoms with Crippen LogP contribution in [0.5, 0.6) is 5.75 Å². The Labute approximate surface area is 116 Å². The summed E-state index contributed by atoms with van der Waals surface area (Å²) in [5.74, 6) is 1.27. The van der Waals surface area contributed by atoms with Crippen molar-refractivity contribution in [3.63, 3.8) is 0 Å². The van der Waals surface area contributed by atoms with Gasteiger partial charge in [0.1, 0.15) is 5.75 Å². The minimum Gasteiger partial charge on any atom is -0.461 e. The van der Waals surface area contributed by atoms with E-state index in [0.29, 0.717) is 5.92 Å². The lowest BCUT2D eigenvalue weighted by molar-refractivity contribution is -0.113. The average molecular weight is 312 g/mol. The van der Waals surface area contributed by atoms with Crippen LogP contribution in [0.1, 0.15) is 31.7 Å². The van der Waals surface area contributed by atoms with Gasteiger partial charge in [-0.15, -0.1) is 0 Å². The van der Waals surface area contributed by atoms with Crippen molar-refractivity contribution in [1.82, 2.24) is 0 Å². The second-order valence-electron chi connectivity index (χ2n) is 4.73. The molecule has 0 spiro atoms. The maximum absolute atomic E-state index is 11.2. The highest BCUT2D eigenvalue weighted by molar-refractivity contribution is 9.09. The topological polar surface area (TPSA) is 29.5 Å². The maximum Gasteiger partial charge on any atom is 0.229 e. The Balaban J connectivity index is 2.35. The minimum atomic E-state index is -0.473. The predicted molar refractivity (Wildman–Crippen MR) is 76.8 cm³/mol. The molecule has 1 aliphatic rings. The van der Waals surface area contributed by atoms with Gasteiger partial charge in [0.05, 0.1) is 5.69 Å². The van der Waals surface area contributed by atoms with Gasteiger partial charge in [-0.3, -0.25) is 4.79 Å². The van der Waals surface area contributed by atoms with E-state index >= 15 is 0 Å². The Morgan fingerprint density at radius 2 is 2.28 bits per heavy atom. The molecule has 0 saturated heterocycles. The Morgan fingerprint density at radius 3 is 2.89 bits per heavy atom. The van der Waals surface area contributed by atoms with Crippen LogP contribution < -0.4 is 9.64 Å². The van der Waals surface area contributed by atoms with E-state index in [1.165, 1.54) is 5.56 Å². The van der Waals surface area contributed by atoms with Gasteiger partial charge in [-0.1, -0.05) is 41.9 Å². The van der Waals surface area contributed by atoms with Crippen LogP contribution in [0.4, 0.5) is 5.69 Å². The molecule has 0 aliphatic carbocycles. The number of halogens is 1. The predicted octanol–water partition coefficient (Wildman–Crippen LogP) is 3.32. The van der Waals surface area contributed by atoms with Crippen molar-refractivity contribution in [3.05, 3.63) is 23.8 Å². The highest BCUT2D eigenvalue weighted by atomic mass is 79.9. The standard InChI is InChI=1S/C14H18BrNO2/c1-10(2)11-5-3-6-12-14(11)18-13(9-17)16(12)8-4-7-15/h3,5-6,9-10,13H,4,7-8H2,1-2H3. The Kier molecular flexibility index (Phi) is 4.27. The summed E-state index contributed by atoms with van der Waals surface area (Å²) in [4.78, 5) is 13.2. The first-order chi connectivity index (χ1) is 8.69. The molecule has 0 aromatic heterocycles. The normalized spacial score (nSPS) is 17.8. The van der Waals surface area contributed by atoms with E-state index < -0.39 is 6.23 Å². The lowest BCUT2D eigenvalue weighted by atomic mass is 10.0. The van der Waals surface area contributed by atoms with E-state index in [1.54, 1.807) is 0 Å². The van der Waals surface area contributed by atoms with Crippen LogP contribution >= 0.6 is 15.9 Å². The molecule has 0 amide bonds. The Hall–Kier alpha value is -1.03. The van der Waals surface area contributed by atoms with Crippen LogP contribution in [0.3, 0.4) is 0 Å². The van der Waals surface area contributed by atoms with E-state index in [2.05, 4.69) is 35.8 Å². The molecule has 1 atom stereocenters.